The summed E-state index contributed by atoms with van der Waals surface area (Å²) in [6.07, 6.45) is 3.92. The zero-order valence-corrected chi connectivity index (χ0v) is 13.2. The van der Waals surface area contributed by atoms with Crippen LogP contribution in [0.2, 0.25) is 0 Å². The van der Waals surface area contributed by atoms with Crippen LogP contribution in [-0.4, -0.2) is 14.2 Å². The first-order valence-electron chi connectivity index (χ1n) is 5.71. The maximum Gasteiger partial charge on any atom is 0.161 e. The Morgan fingerprint density at radius 1 is 1.24 bits per heavy atom. The molecule has 1 aromatic carbocycles. The summed E-state index contributed by atoms with van der Waals surface area (Å²) in [5.41, 5.74) is 1.23. The molecular formula is C13H16Br2O2. The number of alkyl halides is 1. The van der Waals surface area contributed by atoms with Gasteiger partial charge in [-0.25, -0.2) is 0 Å². The first-order chi connectivity index (χ1) is 8.15. The van der Waals surface area contributed by atoms with E-state index >= 15 is 0 Å². The molecule has 0 amide bonds. The smallest absolute Gasteiger partial charge is 0.161 e. The van der Waals surface area contributed by atoms with Crippen molar-refractivity contribution in [2.75, 3.05) is 14.2 Å². The van der Waals surface area contributed by atoms with Gasteiger partial charge in [-0.15, -0.1) is 0 Å². The Morgan fingerprint density at radius 2 is 1.82 bits per heavy atom. The maximum atomic E-state index is 5.34. The second kappa shape index (κ2) is 5.61. The van der Waals surface area contributed by atoms with Gasteiger partial charge in [-0.1, -0.05) is 44.7 Å². The fourth-order valence-corrected chi connectivity index (χ4v) is 3.70. The number of rotatable bonds is 5. The summed E-state index contributed by atoms with van der Waals surface area (Å²) in [5, 5.41) is 0. The van der Waals surface area contributed by atoms with Crippen LogP contribution in [0.15, 0.2) is 16.6 Å². The number of benzene rings is 1. The Bertz CT molecular complexity index is 403. The normalized spacial score (nSPS) is 16.7. The van der Waals surface area contributed by atoms with Crippen LogP contribution in [0.4, 0.5) is 0 Å². The summed E-state index contributed by atoms with van der Waals surface area (Å²) in [7, 11) is 3.32. The molecule has 1 atom stereocenters. The second-order valence-corrected chi connectivity index (χ2v) is 6.33. The molecule has 1 aliphatic rings. The molecule has 0 radical (unpaired) electrons. The van der Waals surface area contributed by atoms with Gasteiger partial charge in [0, 0.05) is 9.30 Å². The fourth-order valence-electron chi connectivity index (χ4n) is 1.88. The van der Waals surface area contributed by atoms with Crippen molar-refractivity contribution < 1.29 is 9.47 Å². The number of hydrogen-bond donors (Lipinski definition) is 0. The van der Waals surface area contributed by atoms with E-state index in [1.165, 1.54) is 24.8 Å². The van der Waals surface area contributed by atoms with Crippen LogP contribution in [-0.2, 0) is 0 Å². The average molecular weight is 364 g/mol. The minimum absolute atomic E-state index is 0.379. The quantitative estimate of drug-likeness (QED) is 0.705. The Morgan fingerprint density at radius 3 is 2.35 bits per heavy atom. The topological polar surface area (TPSA) is 18.5 Å². The summed E-state index contributed by atoms with van der Waals surface area (Å²) in [5.74, 6) is 2.43. The first-order valence-corrected chi connectivity index (χ1v) is 7.42. The van der Waals surface area contributed by atoms with Crippen molar-refractivity contribution in [2.24, 2.45) is 5.92 Å². The van der Waals surface area contributed by atoms with Crippen LogP contribution < -0.4 is 9.47 Å². The van der Waals surface area contributed by atoms with Crippen molar-refractivity contribution in [3.63, 3.8) is 0 Å². The summed E-state index contributed by atoms with van der Waals surface area (Å²) in [6, 6.07) is 4.01. The predicted octanol–water partition coefficient (Wildman–Crippen LogP) is 4.70. The van der Waals surface area contributed by atoms with Gasteiger partial charge in [0.15, 0.2) is 11.5 Å². The van der Waals surface area contributed by atoms with Crippen molar-refractivity contribution in [3.8, 4) is 11.5 Å². The van der Waals surface area contributed by atoms with E-state index in [0.717, 1.165) is 21.9 Å². The highest BCUT2D eigenvalue weighted by Crippen LogP contribution is 2.45. The van der Waals surface area contributed by atoms with Gasteiger partial charge in [-0.2, -0.15) is 0 Å². The lowest BCUT2D eigenvalue weighted by Crippen LogP contribution is -1.97. The highest BCUT2D eigenvalue weighted by molar-refractivity contribution is 9.11. The van der Waals surface area contributed by atoms with E-state index in [2.05, 4.69) is 31.9 Å². The Hall–Kier alpha value is -0.220. The van der Waals surface area contributed by atoms with Gasteiger partial charge in [-0.3, -0.25) is 0 Å². The van der Waals surface area contributed by atoms with Crippen LogP contribution in [0.25, 0.3) is 0 Å². The van der Waals surface area contributed by atoms with E-state index in [9.17, 15) is 0 Å². The minimum Gasteiger partial charge on any atom is -0.493 e. The highest BCUT2D eigenvalue weighted by Gasteiger charge is 2.26. The standard InChI is InChI=1S/C13H16Br2O2/c1-16-12-6-9(10(14)5-8-3-4-8)11(15)7-13(12)17-2/h6-8,10H,3-5H2,1-2H3. The molecule has 1 aromatic rings. The molecule has 1 aliphatic carbocycles. The largest absolute Gasteiger partial charge is 0.493 e. The van der Waals surface area contributed by atoms with Gasteiger partial charge in [-0.05, 0) is 30.0 Å². The Balaban J connectivity index is 2.25. The third-order valence-electron chi connectivity index (χ3n) is 3.08. The highest BCUT2D eigenvalue weighted by atomic mass is 79.9. The summed E-state index contributed by atoms with van der Waals surface area (Å²) >= 11 is 7.36. The van der Waals surface area contributed by atoms with Crippen LogP contribution >= 0.6 is 31.9 Å². The first kappa shape index (κ1) is 13.2. The lowest BCUT2D eigenvalue weighted by Gasteiger charge is -2.15. The predicted molar refractivity (Wildman–Crippen MR) is 76.3 cm³/mol. The van der Waals surface area contributed by atoms with Gasteiger partial charge in [0.25, 0.3) is 0 Å². The molecule has 2 rings (SSSR count). The summed E-state index contributed by atoms with van der Waals surface area (Å²) in [6.45, 7) is 0. The Kier molecular flexibility index (Phi) is 4.36. The average Bonchev–Trinajstić information content (AvgIpc) is 3.12. The zero-order valence-electron chi connectivity index (χ0n) is 10.0. The fraction of sp³-hybridized carbons (Fsp3) is 0.538. The van der Waals surface area contributed by atoms with Crippen molar-refractivity contribution in [3.05, 3.63) is 22.2 Å². The van der Waals surface area contributed by atoms with Gasteiger partial charge in [0.1, 0.15) is 0 Å². The monoisotopic (exact) mass is 362 g/mol. The summed E-state index contributed by atoms with van der Waals surface area (Å²) < 4.78 is 11.7. The molecule has 1 saturated carbocycles. The van der Waals surface area contributed by atoms with Crippen LogP contribution in [0, 0.1) is 5.92 Å². The molecule has 0 spiro atoms. The molecule has 0 aliphatic heterocycles. The van der Waals surface area contributed by atoms with E-state index < -0.39 is 0 Å². The lowest BCUT2D eigenvalue weighted by atomic mass is 10.1. The number of hydrogen-bond acceptors (Lipinski definition) is 2. The van der Waals surface area contributed by atoms with Crippen molar-refractivity contribution in [2.45, 2.75) is 24.1 Å². The third-order valence-corrected chi connectivity index (χ3v) is 4.63. The van der Waals surface area contributed by atoms with Crippen molar-refractivity contribution in [1.29, 1.82) is 0 Å². The molecular weight excluding hydrogens is 348 g/mol. The van der Waals surface area contributed by atoms with Crippen molar-refractivity contribution in [1.82, 2.24) is 0 Å². The van der Waals surface area contributed by atoms with Gasteiger partial charge in [0.05, 0.1) is 14.2 Å². The van der Waals surface area contributed by atoms with Gasteiger partial charge >= 0.3 is 0 Å². The minimum atomic E-state index is 0.379. The molecule has 94 valence electrons. The van der Waals surface area contributed by atoms with Crippen molar-refractivity contribution >= 4 is 31.9 Å². The van der Waals surface area contributed by atoms with Gasteiger partial charge < -0.3 is 9.47 Å². The summed E-state index contributed by atoms with van der Waals surface area (Å²) in [4.78, 5) is 0.379. The third kappa shape index (κ3) is 3.16. The van der Waals surface area contributed by atoms with Crippen LogP contribution in [0.1, 0.15) is 29.7 Å². The number of methoxy groups -OCH3 is 2. The number of halogens is 2. The zero-order chi connectivity index (χ0) is 12.4. The van der Waals surface area contributed by atoms with E-state index in [4.69, 9.17) is 9.47 Å². The molecule has 1 fully saturated rings. The van der Waals surface area contributed by atoms with E-state index in [0.29, 0.717) is 4.83 Å². The molecule has 1 unspecified atom stereocenters. The van der Waals surface area contributed by atoms with E-state index in [1.807, 2.05) is 12.1 Å². The SMILES string of the molecule is COc1cc(Br)c(C(Br)CC2CC2)cc1OC. The lowest BCUT2D eigenvalue weighted by molar-refractivity contribution is 0.354. The maximum absolute atomic E-state index is 5.34. The molecule has 2 nitrogen and oxygen atoms in total. The van der Waals surface area contributed by atoms with E-state index in [1.54, 1.807) is 14.2 Å². The van der Waals surface area contributed by atoms with E-state index in [-0.39, 0.29) is 0 Å². The molecule has 0 heterocycles. The molecule has 0 aromatic heterocycles. The molecule has 17 heavy (non-hydrogen) atoms. The second-order valence-electron chi connectivity index (χ2n) is 4.38. The van der Waals surface area contributed by atoms with Gasteiger partial charge in [0.2, 0.25) is 0 Å². The van der Waals surface area contributed by atoms with Crippen LogP contribution in [0.5, 0.6) is 11.5 Å². The Labute approximate surface area is 119 Å². The molecule has 0 bridgehead atoms. The molecule has 0 N–H and O–H groups in total. The molecule has 0 saturated heterocycles. The number of ether oxygens (including phenoxy) is 2. The molecule has 4 heteroatoms. The van der Waals surface area contributed by atoms with Crippen LogP contribution in [0.3, 0.4) is 0 Å².